The van der Waals surface area contributed by atoms with Crippen LogP contribution in [0.5, 0.6) is 0 Å². The first-order chi connectivity index (χ1) is 27.5. The van der Waals surface area contributed by atoms with Crippen LogP contribution in [0.1, 0.15) is 25.0 Å². The third-order valence-corrected chi connectivity index (χ3v) is 12.3. The fourth-order valence-corrected chi connectivity index (χ4v) is 9.53. The van der Waals surface area contributed by atoms with Gasteiger partial charge >= 0.3 is 0 Å². The molecule has 9 aromatic carbocycles. The lowest BCUT2D eigenvalue weighted by Gasteiger charge is -2.30. The smallest absolute Gasteiger partial charge is 0.0468 e. The van der Waals surface area contributed by atoms with Gasteiger partial charge in [-0.3, -0.25) is 0 Å². The van der Waals surface area contributed by atoms with Gasteiger partial charge in [-0.25, -0.2) is 0 Å². The van der Waals surface area contributed by atoms with Gasteiger partial charge in [0.25, 0.3) is 0 Å². The Hall–Kier alpha value is -6.96. The van der Waals surface area contributed by atoms with E-state index in [0.29, 0.717) is 0 Å². The summed E-state index contributed by atoms with van der Waals surface area (Å²) in [4.78, 5) is 2.45. The lowest BCUT2D eigenvalue weighted by atomic mass is 9.80. The van der Waals surface area contributed by atoms with E-state index in [2.05, 4.69) is 219 Å². The zero-order chi connectivity index (χ0) is 37.4. The van der Waals surface area contributed by atoms with Crippen molar-refractivity contribution in [3.8, 4) is 66.8 Å². The molecular formula is C55H39N. The van der Waals surface area contributed by atoms with Gasteiger partial charge in [0.05, 0.1) is 0 Å². The molecule has 0 radical (unpaired) electrons. The van der Waals surface area contributed by atoms with E-state index in [1.54, 1.807) is 0 Å². The zero-order valence-corrected chi connectivity index (χ0v) is 31.5. The molecule has 0 spiro atoms. The van der Waals surface area contributed by atoms with Crippen molar-refractivity contribution >= 4 is 27.8 Å². The number of anilines is 3. The van der Waals surface area contributed by atoms with E-state index in [4.69, 9.17) is 0 Å². The first-order valence-electron chi connectivity index (χ1n) is 19.6. The van der Waals surface area contributed by atoms with Crippen LogP contribution in [-0.4, -0.2) is 0 Å². The van der Waals surface area contributed by atoms with Crippen molar-refractivity contribution in [2.24, 2.45) is 0 Å². The molecule has 0 N–H and O–H groups in total. The van der Waals surface area contributed by atoms with Crippen molar-refractivity contribution < 1.29 is 0 Å². The SMILES string of the molecule is CC1(C)c2ccccc2-c2ccc(N(c3ccc(-c4cccc5ccccc45)cc3)c3ccc4c(c3)-c3ccccc3-c3ccccc3-c3ccccc3-4)cc21. The summed E-state index contributed by atoms with van der Waals surface area (Å²) < 4.78 is 0. The maximum absolute atomic E-state index is 2.45. The summed E-state index contributed by atoms with van der Waals surface area (Å²) in [7, 11) is 0. The van der Waals surface area contributed by atoms with Crippen LogP contribution >= 0.6 is 0 Å². The Bertz CT molecular complexity index is 2990. The molecular weight excluding hydrogens is 675 g/mol. The summed E-state index contributed by atoms with van der Waals surface area (Å²) in [6.07, 6.45) is 0. The van der Waals surface area contributed by atoms with Gasteiger partial charge in [0.15, 0.2) is 0 Å². The third kappa shape index (κ3) is 4.94. The molecule has 1 heteroatoms. The summed E-state index contributed by atoms with van der Waals surface area (Å²) in [5, 5.41) is 2.52. The largest absolute Gasteiger partial charge is 0.310 e. The molecule has 0 amide bonds. The van der Waals surface area contributed by atoms with Crippen molar-refractivity contribution in [3.05, 3.63) is 211 Å². The molecule has 0 saturated heterocycles. The number of hydrogen-bond donors (Lipinski definition) is 0. The Kier molecular flexibility index (Phi) is 7.28. The van der Waals surface area contributed by atoms with Gasteiger partial charge < -0.3 is 4.90 Å². The van der Waals surface area contributed by atoms with Crippen molar-refractivity contribution in [1.82, 2.24) is 0 Å². The molecule has 1 nitrogen and oxygen atoms in total. The summed E-state index contributed by atoms with van der Waals surface area (Å²) in [6.45, 7) is 4.73. The quantitative estimate of drug-likeness (QED) is 0.175. The minimum Gasteiger partial charge on any atom is -0.310 e. The average Bonchev–Trinajstić information content (AvgIpc) is 3.48. The molecule has 0 fully saturated rings. The van der Waals surface area contributed by atoms with Crippen LogP contribution in [0.4, 0.5) is 17.1 Å². The maximum Gasteiger partial charge on any atom is 0.0468 e. The Morgan fingerprint density at radius 3 is 1.38 bits per heavy atom. The van der Waals surface area contributed by atoms with Gasteiger partial charge in [-0.05, 0) is 125 Å². The van der Waals surface area contributed by atoms with Crippen LogP contribution in [0, 0.1) is 0 Å². The molecule has 56 heavy (non-hydrogen) atoms. The number of benzene rings is 9. The van der Waals surface area contributed by atoms with E-state index in [1.807, 2.05) is 0 Å². The standard InChI is InChI=1S/C55H39N/c1-55(2)53-25-12-11-23-50(53)51-33-31-40(35-54(51)55)56(38-28-26-37(27-29-38)42-24-13-15-36-14-3-4-16-41(36)42)39-30-32-49-47-21-8-7-19-45(47)43-17-5-6-18-44(43)46-20-9-10-22-48(46)52(49)34-39/h3-35H,1-2H3. The van der Waals surface area contributed by atoms with E-state index in [1.165, 1.54) is 88.7 Å². The highest BCUT2D eigenvalue weighted by molar-refractivity contribution is 6.04. The van der Waals surface area contributed by atoms with Crippen LogP contribution in [-0.2, 0) is 5.41 Å². The molecule has 0 atom stereocenters. The molecule has 0 heterocycles. The molecule has 2 aliphatic carbocycles. The second-order valence-corrected chi connectivity index (χ2v) is 15.7. The normalized spacial score (nSPS) is 13.0. The molecule has 0 aliphatic heterocycles. The first kappa shape index (κ1) is 32.5. The summed E-state index contributed by atoms with van der Waals surface area (Å²) in [5.74, 6) is 0. The molecule has 2 aliphatic rings. The Balaban J connectivity index is 1.13. The van der Waals surface area contributed by atoms with E-state index in [0.717, 1.165) is 17.1 Å². The Morgan fingerprint density at radius 2 is 0.732 bits per heavy atom. The van der Waals surface area contributed by atoms with Crippen LogP contribution < -0.4 is 4.90 Å². The van der Waals surface area contributed by atoms with Gasteiger partial charge in [-0.2, -0.15) is 0 Å². The Morgan fingerprint density at radius 1 is 0.304 bits per heavy atom. The highest BCUT2D eigenvalue weighted by atomic mass is 15.1. The van der Waals surface area contributed by atoms with Crippen LogP contribution in [0.2, 0.25) is 0 Å². The van der Waals surface area contributed by atoms with E-state index in [-0.39, 0.29) is 5.41 Å². The monoisotopic (exact) mass is 713 g/mol. The van der Waals surface area contributed by atoms with Gasteiger partial charge in [-0.1, -0.05) is 178 Å². The van der Waals surface area contributed by atoms with E-state index >= 15 is 0 Å². The molecule has 0 bridgehead atoms. The summed E-state index contributed by atoms with van der Waals surface area (Å²) >= 11 is 0. The topological polar surface area (TPSA) is 3.24 Å². The highest BCUT2D eigenvalue weighted by Crippen LogP contribution is 2.52. The van der Waals surface area contributed by atoms with Gasteiger partial charge in [0.2, 0.25) is 0 Å². The molecule has 264 valence electrons. The fourth-order valence-electron chi connectivity index (χ4n) is 9.53. The highest BCUT2D eigenvalue weighted by Gasteiger charge is 2.36. The lowest BCUT2D eigenvalue weighted by Crippen LogP contribution is -2.16. The average molecular weight is 714 g/mol. The van der Waals surface area contributed by atoms with Gasteiger partial charge in [0.1, 0.15) is 0 Å². The third-order valence-electron chi connectivity index (χ3n) is 12.3. The van der Waals surface area contributed by atoms with Crippen molar-refractivity contribution in [2.75, 3.05) is 4.90 Å². The zero-order valence-electron chi connectivity index (χ0n) is 31.5. The number of fused-ring (bicyclic) bond motifs is 12. The Labute approximate surface area is 328 Å². The summed E-state index contributed by atoms with van der Waals surface area (Å²) in [6, 6.07) is 74.1. The van der Waals surface area contributed by atoms with Gasteiger partial charge in [0, 0.05) is 22.5 Å². The predicted octanol–water partition coefficient (Wildman–Crippen LogP) is 15.3. The molecule has 0 aromatic heterocycles. The molecule has 0 saturated carbocycles. The predicted molar refractivity (Wildman–Crippen MR) is 237 cm³/mol. The molecule has 11 rings (SSSR count). The van der Waals surface area contributed by atoms with Gasteiger partial charge in [-0.15, -0.1) is 0 Å². The van der Waals surface area contributed by atoms with E-state index in [9.17, 15) is 0 Å². The van der Waals surface area contributed by atoms with Crippen LogP contribution in [0.25, 0.3) is 77.5 Å². The number of rotatable bonds is 4. The lowest BCUT2D eigenvalue weighted by molar-refractivity contribution is 0.660. The number of hydrogen-bond acceptors (Lipinski definition) is 1. The molecule has 0 unspecified atom stereocenters. The molecule has 9 aromatic rings. The van der Waals surface area contributed by atoms with Crippen molar-refractivity contribution in [3.63, 3.8) is 0 Å². The number of nitrogens with zero attached hydrogens (tertiary/aromatic N) is 1. The van der Waals surface area contributed by atoms with E-state index < -0.39 is 0 Å². The first-order valence-corrected chi connectivity index (χ1v) is 19.6. The maximum atomic E-state index is 2.45. The van der Waals surface area contributed by atoms with Crippen molar-refractivity contribution in [2.45, 2.75) is 19.3 Å². The fraction of sp³-hybridized carbons (Fsp3) is 0.0545. The van der Waals surface area contributed by atoms with Crippen LogP contribution in [0.15, 0.2) is 200 Å². The second-order valence-electron chi connectivity index (χ2n) is 15.7. The minimum atomic E-state index is -0.117. The summed E-state index contributed by atoms with van der Waals surface area (Å²) in [5.41, 5.74) is 21.1. The van der Waals surface area contributed by atoms with Crippen LogP contribution in [0.3, 0.4) is 0 Å². The van der Waals surface area contributed by atoms with Crippen molar-refractivity contribution in [1.29, 1.82) is 0 Å². The second kappa shape index (κ2) is 12.5. The minimum absolute atomic E-state index is 0.117.